The van der Waals surface area contributed by atoms with Crippen molar-refractivity contribution in [1.29, 1.82) is 0 Å². The van der Waals surface area contributed by atoms with Crippen molar-refractivity contribution in [3.05, 3.63) is 64.1 Å². The smallest absolute Gasteiger partial charge is 0.267 e. The summed E-state index contributed by atoms with van der Waals surface area (Å²) in [6.07, 6.45) is 5.21. The maximum absolute atomic E-state index is 13.6. The fourth-order valence-electron chi connectivity index (χ4n) is 5.00. The van der Waals surface area contributed by atoms with Gasteiger partial charge in [0, 0.05) is 17.3 Å². The van der Waals surface area contributed by atoms with Crippen molar-refractivity contribution in [3.8, 4) is 0 Å². The van der Waals surface area contributed by atoms with Crippen molar-refractivity contribution in [2.75, 3.05) is 16.8 Å². The van der Waals surface area contributed by atoms with Gasteiger partial charge in [0.25, 0.3) is 11.8 Å². The molecule has 1 saturated carbocycles. The highest BCUT2D eigenvalue weighted by Crippen LogP contribution is 2.45. The standard InChI is InChI=1S/C27H27N3O3S2/c1-16-12-13-18(14-17(16)2)28-22(31)15-29-21-11-7-6-10-20(21)23(25(29)32)24-26(33)30(27(34)35-24)19-8-4-3-5-9-19/h6-7,10-14,19H,3-5,8-9,15H2,1-2H3,(H,28,31)/b24-23-. The van der Waals surface area contributed by atoms with Crippen LogP contribution in [0.4, 0.5) is 11.4 Å². The molecule has 1 aliphatic carbocycles. The summed E-state index contributed by atoms with van der Waals surface area (Å²) in [6.45, 7) is 3.86. The van der Waals surface area contributed by atoms with Gasteiger partial charge in [-0.2, -0.15) is 0 Å². The first-order valence-electron chi connectivity index (χ1n) is 11.9. The summed E-state index contributed by atoms with van der Waals surface area (Å²) in [5.41, 5.74) is 4.54. The van der Waals surface area contributed by atoms with Crippen LogP contribution in [0.5, 0.6) is 0 Å². The van der Waals surface area contributed by atoms with E-state index in [1.54, 1.807) is 4.90 Å². The van der Waals surface area contributed by atoms with E-state index < -0.39 is 0 Å². The molecular formula is C27H27N3O3S2. The molecule has 1 saturated heterocycles. The Morgan fingerprint density at radius 2 is 1.77 bits per heavy atom. The van der Waals surface area contributed by atoms with E-state index >= 15 is 0 Å². The molecule has 1 N–H and O–H groups in total. The van der Waals surface area contributed by atoms with Crippen LogP contribution in [0.15, 0.2) is 47.4 Å². The maximum Gasteiger partial charge on any atom is 0.267 e. The van der Waals surface area contributed by atoms with Gasteiger partial charge < -0.3 is 5.32 Å². The van der Waals surface area contributed by atoms with Crippen LogP contribution in [-0.2, 0) is 14.4 Å². The molecule has 6 nitrogen and oxygen atoms in total. The van der Waals surface area contributed by atoms with E-state index in [-0.39, 0.29) is 30.3 Å². The van der Waals surface area contributed by atoms with Crippen LogP contribution in [0, 0.1) is 13.8 Å². The van der Waals surface area contributed by atoms with E-state index in [2.05, 4.69) is 5.32 Å². The number of hydrogen-bond acceptors (Lipinski definition) is 5. The Labute approximate surface area is 214 Å². The molecule has 0 atom stereocenters. The minimum Gasteiger partial charge on any atom is -0.325 e. The SMILES string of the molecule is Cc1ccc(NC(=O)CN2C(=O)/C(=C3\SC(=S)N(C4CCCCC4)C3=O)c3ccccc32)cc1C. The number of carbonyl (C=O) groups is 3. The average Bonchev–Trinajstić information content (AvgIpc) is 3.28. The van der Waals surface area contributed by atoms with Crippen molar-refractivity contribution >= 4 is 63.0 Å². The van der Waals surface area contributed by atoms with E-state index in [0.29, 0.717) is 31.7 Å². The maximum atomic E-state index is 13.6. The van der Waals surface area contributed by atoms with Crippen LogP contribution in [0.2, 0.25) is 0 Å². The molecule has 180 valence electrons. The number of aryl methyl sites for hydroxylation is 2. The zero-order valence-electron chi connectivity index (χ0n) is 19.8. The molecule has 2 heterocycles. The second-order valence-corrected chi connectivity index (χ2v) is 10.9. The van der Waals surface area contributed by atoms with Crippen molar-refractivity contribution in [3.63, 3.8) is 0 Å². The second-order valence-electron chi connectivity index (χ2n) is 9.29. The van der Waals surface area contributed by atoms with Crippen LogP contribution < -0.4 is 10.2 Å². The number of para-hydroxylation sites is 1. The number of nitrogens with one attached hydrogen (secondary N) is 1. The fourth-order valence-corrected chi connectivity index (χ4v) is 6.48. The molecule has 0 aromatic heterocycles. The quantitative estimate of drug-likeness (QED) is 0.457. The third-order valence-corrected chi connectivity index (χ3v) is 8.38. The number of amides is 3. The van der Waals surface area contributed by atoms with Gasteiger partial charge in [0.2, 0.25) is 5.91 Å². The molecule has 0 spiro atoms. The van der Waals surface area contributed by atoms with E-state index in [0.717, 1.165) is 36.8 Å². The third kappa shape index (κ3) is 4.41. The van der Waals surface area contributed by atoms with Crippen LogP contribution in [0.1, 0.15) is 48.8 Å². The first kappa shape index (κ1) is 23.8. The summed E-state index contributed by atoms with van der Waals surface area (Å²) in [5.74, 6) is -0.829. The third-order valence-electron chi connectivity index (χ3n) is 6.98. The molecule has 3 aliphatic rings. The molecule has 2 aromatic rings. The van der Waals surface area contributed by atoms with Gasteiger partial charge in [-0.05, 0) is 56.0 Å². The molecule has 2 aliphatic heterocycles. The summed E-state index contributed by atoms with van der Waals surface area (Å²) in [5, 5.41) is 2.89. The lowest BCUT2D eigenvalue weighted by molar-refractivity contribution is -0.124. The lowest BCUT2D eigenvalue weighted by Crippen LogP contribution is -2.40. The Kier molecular flexibility index (Phi) is 6.51. The van der Waals surface area contributed by atoms with Crippen LogP contribution in [0.3, 0.4) is 0 Å². The van der Waals surface area contributed by atoms with E-state index in [1.165, 1.54) is 23.1 Å². The van der Waals surface area contributed by atoms with Gasteiger partial charge in [0.1, 0.15) is 10.9 Å². The monoisotopic (exact) mass is 505 g/mol. The van der Waals surface area contributed by atoms with Gasteiger partial charge in [-0.3, -0.25) is 24.2 Å². The molecule has 3 amide bonds. The van der Waals surface area contributed by atoms with Crippen molar-refractivity contribution in [2.45, 2.75) is 52.0 Å². The number of anilines is 2. The highest BCUT2D eigenvalue weighted by molar-refractivity contribution is 8.26. The first-order valence-corrected chi connectivity index (χ1v) is 13.2. The van der Waals surface area contributed by atoms with Crippen LogP contribution in [0.25, 0.3) is 5.57 Å². The van der Waals surface area contributed by atoms with Crippen LogP contribution in [-0.4, -0.2) is 39.5 Å². The number of carbonyl (C=O) groups excluding carboxylic acids is 3. The molecular weight excluding hydrogens is 478 g/mol. The van der Waals surface area contributed by atoms with Gasteiger partial charge in [-0.15, -0.1) is 0 Å². The molecule has 8 heteroatoms. The molecule has 2 fully saturated rings. The predicted octanol–water partition coefficient (Wildman–Crippen LogP) is 5.19. The number of nitrogens with zero attached hydrogens (tertiary/aromatic N) is 2. The Hall–Kier alpha value is -2.97. The Bertz CT molecular complexity index is 1280. The minimum absolute atomic E-state index is 0.0981. The van der Waals surface area contributed by atoms with E-state index in [9.17, 15) is 14.4 Å². The summed E-state index contributed by atoms with van der Waals surface area (Å²) in [7, 11) is 0. The highest BCUT2D eigenvalue weighted by atomic mass is 32.2. The zero-order valence-corrected chi connectivity index (χ0v) is 21.4. The van der Waals surface area contributed by atoms with Crippen molar-refractivity contribution in [1.82, 2.24) is 4.90 Å². The minimum atomic E-state index is -0.342. The lowest BCUT2D eigenvalue weighted by atomic mass is 9.94. The fraction of sp³-hybridized carbons (Fsp3) is 0.333. The largest absolute Gasteiger partial charge is 0.325 e. The van der Waals surface area contributed by atoms with Gasteiger partial charge in [-0.25, -0.2) is 0 Å². The Morgan fingerprint density at radius 3 is 2.51 bits per heavy atom. The van der Waals surface area contributed by atoms with Gasteiger partial charge in [0.05, 0.1) is 16.2 Å². The number of hydrogen-bond donors (Lipinski definition) is 1. The molecule has 35 heavy (non-hydrogen) atoms. The van der Waals surface area contributed by atoms with E-state index in [4.69, 9.17) is 12.2 Å². The number of rotatable bonds is 4. The lowest BCUT2D eigenvalue weighted by Gasteiger charge is -2.29. The summed E-state index contributed by atoms with van der Waals surface area (Å²) >= 11 is 6.79. The van der Waals surface area contributed by atoms with E-state index in [1.807, 2.05) is 56.3 Å². The summed E-state index contributed by atoms with van der Waals surface area (Å²) < 4.78 is 0.514. The number of benzene rings is 2. The molecule has 0 bridgehead atoms. The predicted molar refractivity (Wildman–Crippen MR) is 144 cm³/mol. The normalized spacial score (nSPS) is 20.6. The number of thioether (sulfide) groups is 1. The number of fused-ring (bicyclic) bond motifs is 1. The Morgan fingerprint density at radius 1 is 1.03 bits per heavy atom. The van der Waals surface area contributed by atoms with Gasteiger partial charge >= 0.3 is 0 Å². The summed E-state index contributed by atoms with van der Waals surface area (Å²) in [4.78, 5) is 43.6. The summed E-state index contributed by atoms with van der Waals surface area (Å²) in [6, 6.07) is 13.1. The number of thiocarbonyl (C=S) groups is 1. The molecule has 2 aromatic carbocycles. The molecule has 0 unspecified atom stereocenters. The average molecular weight is 506 g/mol. The zero-order chi connectivity index (χ0) is 24.7. The topological polar surface area (TPSA) is 69.7 Å². The van der Waals surface area contributed by atoms with Gasteiger partial charge in [0.15, 0.2) is 0 Å². The van der Waals surface area contributed by atoms with Crippen molar-refractivity contribution in [2.24, 2.45) is 0 Å². The van der Waals surface area contributed by atoms with Gasteiger partial charge in [-0.1, -0.05) is 67.5 Å². The molecule has 0 radical (unpaired) electrons. The highest BCUT2D eigenvalue weighted by Gasteiger charge is 2.44. The first-order chi connectivity index (χ1) is 16.8. The van der Waals surface area contributed by atoms with Crippen molar-refractivity contribution < 1.29 is 14.4 Å². The van der Waals surface area contributed by atoms with Crippen LogP contribution >= 0.6 is 24.0 Å². The molecule has 5 rings (SSSR count). The second kappa shape index (κ2) is 9.59. The Balaban J connectivity index is 1.43.